The number of thioether (sulfide) groups is 1. The molecule has 0 amide bonds. The standard InChI is InChI=1S/C26H29N5OS2/c1-26(2)14-17-18(15-32-26)20(16-8-6-5-7-9-16)27-24-19(17)21-22(34-24)23(29-25(28-21)33-4)31-12-10-30(3)11-13-31/h5-9H,10-15H2,1-4H3/p+1. The molecule has 0 atom stereocenters. The first kappa shape index (κ1) is 22.2. The van der Waals surface area contributed by atoms with Crippen molar-refractivity contribution < 1.29 is 9.64 Å². The first-order valence-electron chi connectivity index (χ1n) is 11.9. The van der Waals surface area contributed by atoms with Crippen LogP contribution in [0.2, 0.25) is 0 Å². The van der Waals surface area contributed by atoms with Crippen molar-refractivity contribution in [2.45, 2.75) is 37.6 Å². The van der Waals surface area contributed by atoms with Gasteiger partial charge in [0.2, 0.25) is 0 Å². The second-order valence-electron chi connectivity index (χ2n) is 9.95. The predicted octanol–water partition coefficient (Wildman–Crippen LogP) is 3.81. The maximum atomic E-state index is 6.28. The van der Waals surface area contributed by atoms with E-state index >= 15 is 0 Å². The van der Waals surface area contributed by atoms with E-state index in [-0.39, 0.29) is 5.60 Å². The minimum Gasteiger partial charge on any atom is -0.370 e. The lowest BCUT2D eigenvalue weighted by Crippen LogP contribution is -3.12. The Balaban J connectivity index is 1.65. The lowest BCUT2D eigenvalue weighted by atomic mass is 9.88. The number of nitrogens with one attached hydrogen (secondary N) is 1. The van der Waals surface area contributed by atoms with E-state index in [1.165, 1.54) is 16.5 Å². The Kier molecular flexibility index (Phi) is 5.52. The first-order valence-corrected chi connectivity index (χ1v) is 13.9. The highest BCUT2D eigenvalue weighted by Crippen LogP contribution is 2.45. The van der Waals surface area contributed by atoms with Crippen LogP contribution in [0.25, 0.3) is 31.7 Å². The summed E-state index contributed by atoms with van der Waals surface area (Å²) in [7, 11) is 2.27. The Morgan fingerprint density at radius 2 is 1.82 bits per heavy atom. The zero-order valence-corrected chi connectivity index (χ0v) is 21.8. The summed E-state index contributed by atoms with van der Waals surface area (Å²) in [4.78, 5) is 20.4. The summed E-state index contributed by atoms with van der Waals surface area (Å²) in [6.07, 6.45) is 2.91. The molecule has 6 rings (SSSR count). The zero-order chi connectivity index (χ0) is 23.4. The Labute approximate surface area is 208 Å². The highest BCUT2D eigenvalue weighted by atomic mass is 32.2. The van der Waals surface area contributed by atoms with E-state index in [2.05, 4.69) is 62.4 Å². The van der Waals surface area contributed by atoms with Gasteiger partial charge < -0.3 is 14.5 Å². The number of nitrogens with zero attached hydrogens (tertiary/aromatic N) is 4. The smallest absolute Gasteiger partial charge is 0.189 e. The van der Waals surface area contributed by atoms with Crippen molar-refractivity contribution in [1.29, 1.82) is 0 Å². The molecule has 34 heavy (non-hydrogen) atoms. The first-order chi connectivity index (χ1) is 16.4. The van der Waals surface area contributed by atoms with Crippen LogP contribution in [0.15, 0.2) is 35.5 Å². The lowest BCUT2D eigenvalue weighted by molar-refractivity contribution is -0.880. The third-order valence-corrected chi connectivity index (χ3v) is 8.61. The number of anilines is 1. The van der Waals surface area contributed by atoms with E-state index in [0.717, 1.165) is 69.9 Å². The Morgan fingerprint density at radius 3 is 2.56 bits per heavy atom. The molecule has 0 radical (unpaired) electrons. The number of piperazine rings is 1. The van der Waals surface area contributed by atoms with Crippen LogP contribution in [0.5, 0.6) is 0 Å². The largest absolute Gasteiger partial charge is 0.370 e. The molecule has 3 aromatic heterocycles. The molecule has 0 spiro atoms. The number of rotatable bonds is 3. The quantitative estimate of drug-likeness (QED) is 0.347. The van der Waals surface area contributed by atoms with Crippen LogP contribution in [0.4, 0.5) is 5.82 Å². The summed E-state index contributed by atoms with van der Waals surface area (Å²) in [6, 6.07) is 10.5. The summed E-state index contributed by atoms with van der Waals surface area (Å²) in [5, 5.41) is 2.03. The number of hydrogen-bond acceptors (Lipinski definition) is 7. The molecule has 0 bridgehead atoms. The van der Waals surface area contributed by atoms with E-state index in [1.807, 2.05) is 0 Å². The average molecular weight is 493 g/mol. The van der Waals surface area contributed by atoms with Crippen molar-refractivity contribution in [1.82, 2.24) is 15.0 Å². The number of hydrogen-bond donors (Lipinski definition) is 1. The van der Waals surface area contributed by atoms with Gasteiger partial charge in [0, 0.05) is 22.9 Å². The number of aromatic nitrogens is 3. The van der Waals surface area contributed by atoms with Crippen molar-refractivity contribution in [3.63, 3.8) is 0 Å². The highest BCUT2D eigenvalue weighted by Gasteiger charge is 2.33. The molecule has 1 N–H and O–H groups in total. The van der Waals surface area contributed by atoms with Gasteiger partial charge in [0.15, 0.2) is 11.0 Å². The summed E-state index contributed by atoms with van der Waals surface area (Å²) in [5.74, 6) is 1.08. The van der Waals surface area contributed by atoms with Gasteiger partial charge in [0.05, 0.1) is 61.3 Å². The number of likely N-dealkylation sites (N-methyl/N-ethyl adjacent to an activating group) is 1. The van der Waals surface area contributed by atoms with Gasteiger partial charge in [-0.2, -0.15) is 0 Å². The molecule has 1 saturated heterocycles. The minimum atomic E-state index is -0.220. The third-order valence-electron chi connectivity index (χ3n) is 7.00. The van der Waals surface area contributed by atoms with Crippen molar-refractivity contribution in [3.05, 3.63) is 41.5 Å². The van der Waals surface area contributed by atoms with E-state index in [0.29, 0.717) is 6.61 Å². The average Bonchev–Trinajstić information content (AvgIpc) is 3.22. The molecule has 5 heterocycles. The van der Waals surface area contributed by atoms with Gasteiger partial charge in [-0.15, -0.1) is 11.3 Å². The second-order valence-corrected chi connectivity index (χ2v) is 11.7. The molecule has 0 unspecified atom stereocenters. The second kappa shape index (κ2) is 8.45. The molecule has 0 saturated carbocycles. The van der Waals surface area contributed by atoms with Gasteiger partial charge >= 0.3 is 0 Å². The monoisotopic (exact) mass is 492 g/mol. The molecular weight excluding hydrogens is 462 g/mol. The van der Waals surface area contributed by atoms with Crippen LogP contribution in [0.3, 0.4) is 0 Å². The van der Waals surface area contributed by atoms with E-state index in [9.17, 15) is 0 Å². The number of thiophene rings is 1. The fraction of sp³-hybridized carbons (Fsp3) is 0.423. The van der Waals surface area contributed by atoms with Crippen molar-refractivity contribution >= 4 is 49.3 Å². The summed E-state index contributed by atoms with van der Waals surface area (Å²) < 4.78 is 7.44. The number of benzene rings is 1. The molecular formula is C26H30N5OS2+. The van der Waals surface area contributed by atoms with Crippen molar-refractivity contribution in [3.8, 4) is 11.3 Å². The molecule has 8 heteroatoms. The topological polar surface area (TPSA) is 55.6 Å². The third kappa shape index (κ3) is 3.77. The molecule has 2 aliphatic heterocycles. The Hall–Kier alpha value is -2.26. The summed E-state index contributed by atoms with van der Waals surface area (Å²) >= 11 is 3.37. The van der Waals surface area contributed by atoms with Gasteiger partial charge in [0.25, 0.3) is 0 Å². The van der Waals surface area contributed by atoms with Gasteiger partial charge in [-0.1, -0.05) is 42.1 Å². The number of quaternary nitrogens is 1. The van der Waals surface area contributed by atoms with Crippen LogP contribution in [-0.4, -0.2) is 60.0 Å². The Morgan fingerprint density at radius 1 is 1.06 bits per heavy atom. The van der Waals surface area contributed by atoms with Gasteiger partial charge in [-0.05, 0) is 25.7 Å². The normalized spacial score (nSPS) is 18.5. The molecule has 176 valence electrons. The van der Waals surface area contributed by atoms with Crippen molar-refractivity contribution in [2.24, 2.45) is 0 Å². The van der Waals surface area contributed by atoms with Crippen molar-refractivity contribution in [2.75, 3.05) is 44.4 Å². The number of fused-ring (bicyclic) bond motifs is 5. The molecule has 0 aliphatic carbocycles. The lowest BCUT2D eigenvalue weighted by Gasteiger charge is -2.33. The fourth-order valence-electron chi connectivity index (χ4n) is 5.08. The van der Waals surface area contributed by atoms with E-state index in [4.69, 9.17) is 19.7 Å². The molecule has 2 aliphatic rings. The zero-order valence-electron chi connectivity index (χ0n) is 20.1. The van der Waals surface area contributed by atoms with Gasteiger partial charge in [0.1, 0.15) is 4.83 Å². The van der Waals surface area contributed by atoms with Gasteiger partial charge in [-0.3, -0.25) is 0 Å². The molecule has 4 aromatic rings. The maximum absolute atomic E-state index is 6.28. The Bertz CT molecular complexity index is 1380. The molecule has 1 aromatic carbocycles. The maximum Gasteiger partial charge on any atom is 0.189 e. The van der Waals surface area contributed by atoms with E-state index < -0.39 is 0 Å². The van der Waals surface area contributed by atoms with E-state index in [1.54, 1.807) is 28.0 Å². The SMILES string of the molecule is CSc1nc(N2CC[NH+](C)CC2)c2sc3nc(-c4ccccc4)c4c(c3c2n1)CC(C)(C)OC4. The summed E-state index contributed by atoms with van der Waals surface area (Å²) in [6.45, 7) is 9.22. The predicted molar refractivity (Wildman–Crippen MR) is 141 cm³/mol. The minimum absolute atomic E-state index is 0.220. The summed E-state index contributed by atoms with van der Waals surface area (Å²) in [5.41, 5.74) is 5.55. The molecule has 1 fully saturated rings. The van der Waals surface area contributed by atoms with Crippen LogP contribution in [0, 0.1) is 0 Å². The van der Waals surface area contributed by atoms with Crippen LogP contribution < -0.4 is 9.80 Å². The number of ether oxygens (including phenoxy) is 1. The fourth-order valence-corrected chi connectivity index (χ4v) is 6.60. The van der Waals surface area contributed by atoms with Crippen LogP contribution in [0.1, 0.15) is 25.0 Å². The molecule has 6 nitrogen and oxygen atoms in total. The van der Waals surface area contributed by atoms with Crippen LogP contribution in [-0.2, 0) is 17.8 Å². The van der Waals surface area contributed by atoms with Crippen LogP contribution >= 0.6 is 23.1 Å². The van der Waals surface area contributed by atoms with Gasteiger partial charge in [-0.25, -0.2) is 15.0 Å². The highest BCUT2D eigenvalue weighted by molar-refractivity contribution is 7.98. The number of pyridine rings is 1.